The van der Waals surface area contributed by atoms with Crippen LogP contribution in [0, 0.1) is 10.1 Å². The van der Waals surface area contributed by atoms with Crippen molar-refractivity contribution in [2.45, 2.75) is 19.6 Å². The minimum atomic E-state index is -0.432. The van der Waals surface area contributed by atoms with E-state index in [-0.39, 0.29) is 24.3 Å². The lowest BCUT2D eigenvalue weighted by Crippen LogP contribution is -2.29. The molecule has 7 nitrogen and oxygen atoms in total. The number of non-ortho nitro benzene ring substituents is 1. The van der Waals surface area contributed by atoms with Gasteiger partial charge < -0.3 is 0 Å². The summed E-state index contributed by atoms with van der Waals surface area (Å²) in [6, 6.07) is 30.5. The maximum absolute atomic E-state index is 13.3. The highest BCUT2D eigenvalue weighted by Gasteiger charge is 2.40. The molecule has 4 aromatic rings. The Morgan fingerprint density at radius 1 is 0.943 bits per heavy atom. The summed E-state index contributed by atoms with van der Waals surface area (Å²) in [7, 11) is 0. The first-order valence-corrected chi connectivity index (χ1v) is 11.4. The zero-order valence-electron chi connectivity index (χ0n) is 19.2. The molecular weight excluding hydrogens is 440 g/mol. The second-order valence-electron chi connectivity index (χ2n) is 8.56. The van der Waals surface area contributed by atoms with Crippen LogP contribution in [0.15, 0.2) is 102 Å². The number of hydrogen-bond donors (Lipinski definition) is 0. The van der Waals surface area contributed by atoms with Gasteiger partial charge in [-0.2, -0.15) is 5.10 Å². The highest BCUT2D eigenvalue weighted by Crippen LogP contribution is 2.36. The molecule has 0 bridgehead atoms. The van der Waals surface area contributed by atoms with E-state index in [0.717, 1.165) is 27.5 Å². The number of carbonyl (C=O) groups excluding carboxylic acids is 1. The molecule has 5 rings (SSSR count). The Hall–Kier alpha value is -4.36. The van der Waals surface area contributed by atoms with Crippen LogP contribution in [-0.4, -0.2) is 33.0 Å². The molecule has 4 aromatic carbocycles. The normalized spacial score (nSPS) is 16.7. The van der Waals surface area contributed by atoms with E-state index in [4.69, 9.17) is 5.10 Å². The number of fused-ring (bicyclic) bond motifs is 1. The fraction of sp³-hybridized carbons (Fsp3) is 0.143. The molecule has 0 unspecified atom stereocenters. The number of carbonyl (C=O) groups is 1. The first-order chi connectivity index (χ1) is 17.0. The summed E-state index contributed by atoms with van der Waals surface area (Å²) in [4.78, 5) is 26.0. The van der Waals surface area contributed by atoms with Gasteiger partial charge in [0.15, 0.2) is 0 Å². The fourth-order valence-electron chi connectivity index (χ4n) is 4.54. The van der Waals surface area contributed by atoms with Crippen LogP contribution in [0.5, 0.6) is 0 Å². The number of nitrogens with zero attached hydrogens (tertiary/aromatic N) is 4. The zero-order chi connectivity index (χ0) is 24.4. The molecule has 0 spiro atoms. The summed E-state index contributed by atoms with van der Waals surface area (Å²) in [5.74, 6) is -0.0971. The Kier molecular flexibility index (Phi) is 6.08. The van der Waals surface area contributed by atoms with Crippen molar-refractivity contribution in [3.63, 3.8) is 0 Å². The van der Waals surface area contributed by atoms with Gasteiger partial charge in [0.05, 0.1) is 17.2 Å². The molecule has 174 valence electrons. The van der Waals surface area contributed by atoms with Crippen LogP contribution >= 0.6 is 0 Å². The number of hydrazone groups is 1. The van der Waals surface area contributed by atoms with Gasteiger partial charge in [-0.3, -0.25) is 19.8 Å². The maximum atomic E-state index is 13.3. The molecule has 1 atom stereocenters. The van der Waals surface area contributed by atoms with E-state index in [0.29, 0.717) is 12.3 Å². The maximum Gasteiger partial charge on any atom is 0.269 e. The third-order valence-electron chi connectivity index (χ3n) is 6.26. The average molecular weight is 465 g/mol. The summed E-state index contributed by atoms with van der Waals surface area (Å²) in [6.45, 7) is 2.65. The van der Waals surface area contributed by atoms with Gasteiger partial charge in [-0.1, -0.05) is 72.8 Å². The van der Waals surface area contributed by atoms with Gasteiger partial charge in [0.1, 0.15) is 6.17 Å². The van der Waals surface area contributed by atoms with Gasteiger partial charge >= 0.3 is 0 Å². The van der Waals surface area contributed by atoms with E-state index in [1.54, 1.807) is 17.1 Å². The molecule has 1 heterocycles. The Morgan fingerprint density at radius 3 is 2.37 bits per heavy atom. The van der Waals surface area contributed by atoms with E-state index in [2.05, 4.69) is 35.2 Å². The van der Waals surface area contributed by atoms with Gasteiger partial charge in [0.2, 0.25) is 0 Å². The van der Waals surface area contributed by atoms with Crippen molar-refractivity contribution in [3.05, 3.63) is 124 Å². The summed E-state index contributed by atoms with van der Waals surface area (Å²) in [5, 5.41) is 19.5. The van der Waals surface area contributed by atoms with Crippen LogP contribution in [-0.2, 0) is 11.3 Å². The molecule has 7 heteroatoms. The lowest BCUT2D eigenvalue weighted by Gasteiger charge is -2.29. The number of hydrogen-bond acceptors (Lipinski definition) is 5. The smallest absolute Gasteiger partial charge is 0.269 e. The van der Waals surface area contributed by atoms with E-state index < -0.39 is 4.92 Å². The average Bonchev–Trinajstić information content (AvgIpc) is 3.18. The number of nitro benzene ring substituents is 1. The van der Waals surface area contributed by atoms with E-state index in [9.17, 15) is 14.9 Å². The molecule has 0 aromatic heterocycles. The van der Waals surface area contributed by atoms with Gasteiger partial charge in [0, 0.05) is 18.7 Å². The highest BCUT2D eigenvalue weighted by molar-refractivity contribution is 5.99. The Morgan fingerprint density at radius 2 is 1.63 bits per heavy atom. The van der Waals surface area contributed by atoms with E-state index >= 15 is 0 Å². The van der Waals surface area contributed by atoms with Crippen LogP contribution in [0.3, 0.4) is 0 Å². The second kappa shape index (κ2) is 9.48. The summed E-state index contributed by atoms with van der Waals surface area (Å²) in [6.07, 6.45) is -0.387. The van der Waals surface area contributed by atoms with Gasteiger partial charge in [-0.25, -0.2) is 5.01 Å². The van der Waals surface area contributed by atoms with Crippen molar-refractivity contribution < 1.29 is 9.72 Å². The lowest BCUT2D eigenvalue weighted by molar-refractivity contribution is -0.384. The van der Waals surface area contributed by atoms with Crippen molar-refractivity contribution in [2.24, 2.45) is 5.10 Å². The van der Waals surface area contributed by atoms with Crippen molar-refractivity contribution in [2.75, 3.05) is 6.54 Å². The number of amides is 1. The number of benzene rings is 4. The molecule has 35 heavy (non-hydrogen) atoms. The molecule has 1 amide bonds. The van der Waals surface area contributed by atoms with E-state index in [1.807, 2.05) is 49.4 Å². The topological polar surface area (TPSA) is 79.0 Å². The van der Waals surface area contributed by atoms with Gasteiger partial charge in [-0.05, 0) is 46.5 Å². The molecule has 1 fully saturated rings. The van der Waals surface area contributed by atoms with Gasteiger partial charge in [-0.15, -0.1) is 0 Å². The SMILES string of the molecule is C/C(=N/N1C(=O)CN(Cc2ccccc2)[C@H]1c1cccc2ccccc12)c1ccc([N+](=O)[O-])cc1. The highest BCUT2D eigenvalue weighted by atomic mass is 16.6. The third-order valence-corrected chi connectivity index (χ3v) is 6.26. The van der Waals surface area contributed by atoms with Crippen molar-refractivity contribution >= 4 is 28.1 Å². The van der Waals surface area contributed by atoms with Crippen molar-refractivity contribution in [3.8, 4) is 0 Å². The van der Waals surface area contributed by atoms with Crippen LogP contribution in [0.2, 0.25) is 0 Å². The summed E-state index contributed by atoms with van der Waals surface area (Å²) < 4.78 is 0. The first kappa shape index (κ1) is 22.4. The largest absolute Gasteiger partial charge is 0.271 e. The lowest BCUT2D eigenvalue weighted by atomic mass is 10.0. The Labute approximate surface area is 203 Å². The third kappa shape index (κ3) is 4.54. The predicted octanol–water partition coefficient (Wildman–Crippen LogP) is 5.52. The summed E-state index contributed by atoms with van der Waals surface area (Å²) >= 11 is 0. The molecule has 0 saturated carbocycles. The van der Waals surface area contributed by atoms with Crippen LogP contribution in [0.25, 0.3) is 10.8 Å². The minimum Gasteiger partial charge on any atom is -0.271 e. The molecule has 1 aliphatic rings. The Bertz CT molecular complexity index is 1410. The molecule has 0 N–H and O–H groups in total. The summed E-state index contributed by atoms with van der Waals surface area (Å²) in [5.41, 5.74) is 3.47. The molecule has 0 aliphatic carbocycles. The van der Waals surface area contributed by atoms with Crippen LogP contribution < -0.4 is 0 Å². The first-order valence-electron chi connectivity index (χ1n) is 11.4. The fourth-order valence-corrected chi connectivity index (χ4v) is 4.54. The number of nitro groups is 1. The quantitative estimate of drug-likeness (QED) is 0.214. The van der Waals surface area contributed by atoms with Crippen LogP contribution in [0.4, 0.5) is 5.69 Å². The van der Waals surface area contributed by atoms with E-state index in [1.165, 1.54) is 12.1 Å². The standard InChI is InChI=1S/C28H24N4O3/c1-20(22-14-16-24(17-15-22)32(34)35)29-31-27(33)19-30(18-21-8-3-2-4-9-21)28(31)26-13-7-11-23-10-5-6-12-25(23)26/h2-17,28H,18-19H2,1H3/b29-20-/t28-/m1/s1. The molecular formula is C28H24N4O3. The molecule has 0 radical (unpaired) electrons. The van der Waals surface area contributed by atoms with Crippen molar-refractivity contribution in [1.82, 2.24) is 9.91 Å². The van der Waals surface area contributed by atoms with Gasteiger partial charge in [0.25, 0.3) is 11.6 Å². The number of rotatable bonds is 6. The second-order valence-corrected chi connectivity index (χ2v) is 8.56. The monoisotopic (exact) mass is 464 g/mol. The van der Waals surface area contributed by atoms with Crippen LogP contribution in [0.1, 0.15) is 29.8 Å². The van der Waals surface area contributed by atoms with Crippen molar-refractivity contribution in [1.29, 1.82) is 0 Å². The Balaban J connectivity index is 1.57. The zero-order valence-corrected chi connectivity index (χ0v) is 19.2. The predicted molar refractivity (Wildman–Crippen MR) is 136 cm³/mol. The molecule has 1 aliphatic heterocycles. The minimum absolute atomic E-state index is 0.0152. The molecule has 1 saturated heterocycles.